The second-order valence-electron chi connectivity index (χ2n) is 8.81. The van der Waals surface area contributed by atoms with E-state index in [0.717, 1.165) is 38.5 Å². The van der Waals surface area contributed by atoms with Gasteiger partial charge in [0, 0.05) is 19.4 Å². The maximum Gasteiger partial charge on any atom is 0.169 e. The highest BCUT2D eigenvalue weighted by Gasteiger charge is 2.47. The van der Waals surface area contributed by atoms with E-state index in [9.17, 15) is 0 Å². The van der Waals surface area contributed by atoms with Crippen LogP contribution in [0.25, 0.3) is 0 Å². The van der Waals surface area contributed by atoms with E-state index < -0.39 is 0 Å². The van der Waals surface area contributed by atoms with Crippen molar-refractivity contribution in [3.63, 3.8) is 0 Å². The molecule has 2 fully saturated rings. The van der Waals surface area contributed by atoms with E-state index in [2.05, 4.69) is 34.3 Å². The van der Waals surface area contributed by atoms with Crippen molar-refractivity contribution < 1.29 is 14.6 Å². The molecule has 3 heteroatoms. The van der Waals surface area contributed by atoms with E-state index in [1.54, 1.807) is 0 Å². The van der Waals surface area contributed by atoms with Crippen LogP contribution in [0.1, 0.15) is 79.1 Å². The molecule has 2 saturated heterocycles. The largest absolute Gasteiger partial charge is 0.396 e. The molecule has 0 aromatic heterocycles. The summed E-state index contributed by atoms with van der Waals surface area (Å²) >= 11 is 0. The molecule has 0 saturated carbocycles. The SMILES string of the molecule is C=C[C@@H](C)CC[C@@H]1O[C@@]2(CC[C@H]1C)CC[C@H](C)[C@H]([C@@H](C)CCCO)O2. The van der Waals surface area contributed by atoms with Crippen LogP contribution in [0, 0.1) is 23.7 Å². The normalized spacial score (nSPS) is 38.4. The van der Waals surface area contributed by atoms with Crippen LogP contribution in [0.5, 0.6) is 0 Å². The molecule has 0 amide bonds. The first kappa shape index (κ1) is 20.9. The average molecular weight is 353 g/mol. The first-order valence-electron chi connectivity index (χ1n) is 10.5. The van der Waals surface area contributed by atoms with E-state index in [0.29, 0.717) is 29.8 Å². The van der Waals surface area contributed by atoms with Gasteiger partial charge in [0.05, 0.1) is 12.2 Å². The Morgan fingerprint density at radius 3 is 2.44 bits per heavy atom. The lowest BCUT2D eigenvalue weighted by molar-refractivity contribution is -0.338. The van der Waals surface area contributed by atoms with Crippen molar-refractivity contribution in [2.45, 2.75) is 97.1 Å². The molecule has 2 aliphatic heterocycles. The van der Waals surface area contributed by atoms with Gasteiger partial charge in [-0.05, 0) is 62.2 Å². The molecule has 146 valence electrons. The number of aliphatic hydroxyl groups excluding tert-OH is 1. The van der Waals surface area contributed by atoms with Gasteiger partial charge in [-0.2, -0.15) is 0 Å². The van der Waals surface area contributed by atoms with Gasteiger partial charge in [0.15, 0.2) is 5.79 Å². The Labute approximate surface area is 155 Å². The Balaban J connectivity index is 1.99. The molecule has 1 spiro atoms. The standard InChI is InChI=1S/C22H40O3/c1-6-16(2)9-10-20-17(3)11-13-22(24-20)14-12-19(5)21(25-22)18(4)8-7-15-23/h6,16-21,23H,1,7-15H2,2-5H3/t16-,17-,18+,19+,20+,21+,22-/m1/s1. The molecule has 0 radical (unpaired) electrons. The van der Waals surface area contributed by atoms with Crippen LogP contribution in [0.4, 0.5) is 0 Å². The van der Waals surface area contributed by atoms with Crippen LogP contribution in [-0.2, 0) is 9.47 Å². The Bertz CT molecular complexity index is 406. The van der Waals surface area contributed by atoms with Gasteiger partial charge in [-0.25, -0.2) is 0 Å². The summed E-state index contributed by atoms with van der Waals surface area (Å²) in [6.07, 6.45) is 11.1. The maximum absolute atomic E-state index is 9.14. The smallest absolute Gasteiger partial charge is 0.169 e. The summed E-state index contributed by atoms with van der Waals surface area (Å²) in [6.45, 7) is 13.3. The third kappa shape index (κ3) is 5.55. The Kier molecular flexibility index (Phi) is 7.97. The second kappa shape index (κ2) is 9.53. The summed E-state index contributed by atoms with van der Waals surface area (Å²) in [6, 6.07) is 0. The molecule has 2 rings (SSSR count). The Hall–Kier alpha value is -0.380. The number of allylic oxidation sites excluding steroid dienone is 1. The van der Waals surface area contributed by atoms with Crippen LogP contribution in [0.2, 0.25) is 0 Å². The quantitative estimate of drug-likeness (QED) is 0.601. The van der Waals surface area contributed by atoms with Gasteiger partial charge in [-0.15, -0.1) is 6.58 Å². The first-order chi connectivity index (χ1) is 11.9. The maximum atomic E-state index is 9.14. The van der Waals surface area contributed by atoms with Crippen molar-refractivity contribution in [1.82, 2.24) is 0 Å². The monoisotopic (exact) mass is 352 g/mol. The van der Waals surface area contributed by atoms with Crippen LogP contribution in [0.3, 0.4) is 0 Å². The van der Waals surface area contributed by atoms with Gasteiger partial charge in [-0.3, -0.25) is 0 Å². The van der Waals surface area contributed by atoms with Crippen molar-refractivity contribution in [3.8, 4) is 0 Å². The Morgan fingerprint density at radius 1 is 1.12 bits per heavy atom. The molecule has 0 aliphatic carbocycles. The Morgan fingerprint density at radius 2 is 1.80 bits per heavy atom. The molecule has 0 unspecified atom stereocenters. The third-order valence-corrected chi connectivity index (χ3v) is 6.56. The fourth-order valence-corrected chi connectivity index (χ4v) is 4.53. The highest BCUT2D eigenvalue weighted by molar-refractivity contribution is 4.90. The lowest BCUT2D eigenvalue weighted by Crippen LogP contribution is -2.53. The molecule has 0 aromatic carbocycles. The van der Waals surface area contributed by atoms with Crippen LogP contribution in [0.15, 0.2) is 12.7 Å². The summed E-state index contributed by atoms with van der Waals surface area (Å²) in [5, 5.41) is 9.14. The number of hydrogen-bond acceptors (Lipinski definition) is 3. The molecule has 0 aromatic rings. The molecule has 7 atom stereocenters. The van der Waals surface area contributed by atoms with Crippen LogP contribution < -0.4 is 0 Å². The van der Waals surface area contributed by atoms with Crippen molar-refractivity contribution in [2.24, 2.45) is 23.7 Å². The average Bonchev–Trinajstić information content (AvgIpc) is 2.62. The number of hydrogen-bond donors (Lipinski definition) is 1. The molecule has 2 heterocycles. The van der Waals surface area contributed by atoms with E-state index >= 15 is 0 Å². The number of ether oxygens (including phenoxy) is 2. The summed E-state index contributed by atoms with van der Waals surface area (Å²) in [5.41, 5.74) is 0. The number of aliphatic hydroxyl groups is 1. The van der Waals surface area contributed by atoms with Crippen LogP contribution in [-0.4, -0.2) is 29.7 Å². The van der Waals surface area contributed by atoms with Crippen molar-refractivity contribution in [3.05, 3.63) is 12.7 Å². The fraction of sp³-hybridized carbons (Fsp3) is 0.909. The summed E-state index contributed by atoms with van der Waals surface area (Å²) < 4.78 is 13.3. The highest BCUT2D eigenvalue weighted by atomic mass is 16.7. The van der Waals surface area contributed by atoms with Gasteiger partial charge < -0.3 is 14.6 Å². The van der Waals surface area contributed by atoms with Gasteiger partial charge in [0.1, 0.15) is 0 Å². The second-order valence-corrected chi connectivity index (χ2v) is 8.81. The predicted molar refractivity (Wildman–Crippen MR) is 103 cm³/mol. The minimum atomic E-state index is -0.362. The van der Waals surface area contributed by atoms with Gasteiger partial charge >= 0.3 is 0 Å². The summed E-state index contributed by atoms with van der Waals surface area (Å²) in [5.74, 6) is 1.84. The van der Waals surface area contributed by atoms with Gasteiger partial charge in [0.25, 0.3) is 0 Å². The van der Waals surface area contributed by atoms with Crippen molar-refractivity contribution in [2.75, 3.05) is 6.61 Å². The number of rotatable bonds is 8. The minimum Gasteiger partial charge on any atom is -0.396 e. The van der Waals surface area contributed by atoms with Crippen LogP contribution >= 0.6 is 0 Å². The molecule has 2 aliphatic rings. The third-order valence-electron chi connectivity index (χ3n) is 6.56. The molecule has 1 N–H and O–H groups in total. The predicted octanol–water partition coefficient (Wildman–Crippen LogP) is 5.32. The molecular formula is C22H40O3. The van der Waals surface area contributed by atoms with Crippen molar-refractivity contribution >= 4 is 0 Å². The highest BCUT2D eigenvalue weighted by Crippen LogP contribution is 2.45. The zero-order chi connectivity index (χ0) is 18.4. The summed E-state index contributed by atoms with van der Waals surface area (Å²) in [4.78, 5) is 0. The van der Waals surface area contributed by atoms with Crippen molar-refractivity contribution in [1.29, 1.82) is 0 Å². The van der Waals surface area contributed by atoms with E-state index in [-0.39, 0.29) is 18.5 Å². The summed E-state index contributed by atoms with van der Waals surface area (Å²) in [7, 11) is 0. The van der Waals surface area contributed by atoms with E-state index in [1.165, 1.54) is 12.8 Å². The zero-order valence-electron chi connectivity index (χ0n) is 16.9. The van der Waals surface area contributed by atoms with E-state index in [4.69, 9.17) is 14.6 Å². The topological polar surface area (TPSA) is 38.7 Å². The molecule has 3 nitrogen and oxygen atoms in total. The zero-order valence-corrected chi connectivity index (χ0v) is 16.9. The molecule has 0 bridgehead atoms. The van der Waals surface area contributed by atoms with Gasteiger partial charge in [0.2, 0.25) is 0 Å². The lowest BCUT2D eigenvalue weighted by atomic mass is 9.80. The fourth-order valence-electron chi connectivity index (χ4n) is 4.53. The van der Waals surface area contributed by atoms with E-state index in [1.807, 2.05) is 6.08 Å². The minimum absolute atomic E-state index is 0.251. The van der Waals surface area contributed by atoms with Gasteiger partial charge in [-0.1, -0.05) is 33.8 Å². The lowest BCUT2D eigenvalue weighted by Gasteiger charge is -2.51. The molecule has 25 heavy (non-hydrogen) atoms. The first-order valence-corrected chi connectivity index (χ1v) is 10.5. The molecular weight excluding hydrogens is 312 g/mol.